The number of allylic oxidation sites excluding steroid dienone is 4. The summed E-state index contributed by atoms with van der Waals surface area (Å²) >= 11 is 0. The van der Waals surface area contributed by atoms with Crippen molar-refractivity contribution in [3.8, 4) is 0 Å². The Hall–Kier alpha value is -1.38. The second kappa shape index (κ2) is 17.0. The third-order valence-corrected chi connectivity index (χ3v) is 3.75. The summed E-state index contributed by atoms with van der Waals surface area (Å²) < 4.78 is 0. The van der Waals surface area contributed by atoms with Gasteiger partial charge in [-0.15, -0.1) is 0 Å². The van der Waals surface area contributed by atoms with Crippen LogP contribution in [0.15, 0.2) is 24.3 Å². The number of Topliss-reactive ketones (excluding diaryl/α,β-unsaturated/α-hetero) is 1. The molecule has 0 aromatic carbocycles. The number of carbonyl (C=O) groups excluding carboxylic acids is 1. The fourth-order valence-corrected chi connectivity index (χ4v) is 2.39. The molecule has 0 bridgehead atoms. The minimum atomic E-state index is -1.02. The van der Waals surface area contributed by atoms with Crippen LogP contribution < -0.4 is 0 Å². The van der Waals surface area contributed by atoms with Crippen LogP contribution in [0, 0.1) is 0 Å². The summed E-state index contributed by atoms with van der Waals surface area (Å²) in [5.74, 6) is -1.17. The smallest absolute Gasteiger partial charge is 0.310 e. The van der Waals surface area contributed by atoms with Gasteiger partial charge in [0.1, 0.15) is 12.2 Å². The minimum Gasteiger partial charge on any atom is -0.481 e. The number of ketones is 1. The zero-order valence-electron chi connectivity index (χ0n) is 14.8. The quantitative estimate of drug-likeness (QED) is 0.220. The highest BCUT2D eigenvalue weighted by Crippen LogP contribution is 2.09. The van der Waals surface area contributed by atoms with Gasteiger partial charge >= 0.3 is 5.97 Å². The van der Waals surface area contributed by atoms with Crippen molar-refractivity contribution < 1.29 is 14.7 Å². The van der Waals surface area contributed by atoms with Gasteiger partial charge in [-0.05, 0) is 38.5 Å². The molecule has 0 fully saturated rings. The van der Waals surface area contributed by atoms with Gasteiger partial charge in [-0.25, -0.2) is 0 Å². The maximum atomic E-state index is 11.2. The summed E-state index contributed by atoms with van der Waals surface area (Å²) in [7, 11) is 0. The predicted molar refractivity (Wildman–Crippen MR) is 96.6 cm³/mol. The van der Waals surface area contributed by atoms with E-state index in [2.05, 4.69) is 31.2 Å². The lowest BCUT2D eigenvalue weighted by Gasteiger charge is -1.99. The van der Waals surface area contributed by atoms with Gasteiger partial charge in [-0.2, -0.15) is 0 Å². The van der Waals surface area contributed by atoms with Gasteiger partial charge in [0.15, 0.2) is 0 Å². The van der Waals surface area contributed by atoms with E-state index < -0.39 is 5.97 Å². The SMILES string of the molecule is CCCCC/C=C/C/C=C/CCCCCCCC(=O)CC(=O)O. The highest BCUT2D eigenvalue weighted by atomic mass is 16.4. The van der Waals surface area contributed by atoms with E-state index in [0.717, 1.165) is 32.1 Å². The topological polar surface area (TPSA) is 54.4 Å². The summed E-state index contributed by atoms with van der Waals surface area (Å²) in [6.45, 7) is 2.23. The molecular weight excluding hydrogens is 288 g/mol. The number of carboxylic acid groups (broad SMARTS) is 1. The molecule has 0 atom stereocenters. The molecule has 0 aliphatic rings. The summed E-state index contributed by atoms with van der Waals surface area (Å²) in [5, 5.41) is 8.48. The van der Waals surface area contributed by atoms with Crippen LogP contribution >= 0.6 is 0 Å². The minimum absolute atomic E-state index is 0.150. The van der Waals surface area contributed by atoms with E-state index >= 15 is 0 Å². The van der Waals surface area contributed by atoms with Crippen LogP contribution in [0.3, 0.4) is 0 Å². The molecule has 1 N–H and O–H groups in total. The van der Waals surface area contributed by atoms with Gasteiger partial charge in [-0.1, -0.05) is 63.3 Å². The lowest BCUT2D eigenvalue weighted by Crippen LogP contribution is -2.05. The van der Waals surface area contributed by atoms with Crippen LogP contribution in [-0.4, -0.2) is 16.9 Å². The van der Waals surface area contributed by atoms with Crippen LogP contribution in [0.4, 0.5) is 0 Å². The first kappa shape index (κ1) is 21.6. The van der Waals surface area contributed by atoms with E-state index in [-0.39, 0.29) is 12.2 Å². The molecule has 23 heavy (non-hydrogen) atoms. The molecule has 0 aromatic heterocycles. The Kier molecular flexibility index (Phi) is 16.0. The number of hydrogen-bond donors (Lipinski definition) is 1. The Morgan fingerprint density at radius 1 is 0.783 bits per heavy atom. The zero-order chi connectivity index (χ0) is 17.2. The van der Waals surface area contributed by atoms with E-state index in [4.69, 9.17) is 5.11 Å². The van der Waals surface area contributed by atoms with Crippen molar-refractivity contribution in [1.29, 1.82) is 0 Å². The molecule has 0 heterocycles. The fraction of sp³-hybridized carbons (Fsp3) is 0.700. The lowest BCUT2D eigenvalue weighted by atomic mass is 10.1. The second-order valence-electron chi connectivity index (χ2n) is 6.09. The Bertz CT molecular complexity index is 356. The van der Waals surface area contributed by atoms with Gasteiger partial charge in [0.05, 0.1) is 0 Å². The molecular formula is C20H34O3. The first-order valence-corrected chi connectivity index (χ1v) is 9.20. The van der Waals surface area contributed by atoms with Crippen LogP contribution in [0.2, 0.25) is 0 Å². The number of unbranched alkanes of at least 4 members (excludes halogenated alkanes) is 8. The fourth-order valence-electron chi connectivity index (χ4n) is 2.39. The van der Waals surface area contributed by atoms with Crippen LogP contribution in [-0.2, 0) is 9.59 Å². The first-order chi connectivity index (χ1) is 11.2. The molecule has 0 saturated heterocycles. The summed E-state index contributed by atoms with van der Waals surface area (Å²) in [4.78, 5) is 21.5. The standard InChI is InChI=1S/C20H34O3/c1-2-3-4-5-6-7-8-9-10-11-12-13-14-15-16-17-19(21)18-20(22)23/h6-7,9-10H,2-5,8,11-18H2,1H3,(H,22,23)/b7-6+,10-9+. The molecule has 0 spiro atoms. The molecule has 0 unspecified atom stereocenters. The van der Waals surface area contributed by atoms with E-state index in [9.17, 15) is 9.59 Å². The third-order valence-electron chi connectivity index (χ3n) is 3.75. The number of hydrogen-bond acceptors (Lipinski definition) is 2. The average molecular weight is 322 g/mol. The average Bonchev–Trinajstić information content (AvgIpc) is 2.50. The first-order valence-electron chi connectivity index (χ1n) is 9.20. The van der Waals surface area contributed by atoms with E-state index in [1.54, 1.807) is 0 Å². The van der Waals surface area contributed by atoms with Crippen molar-refractivity contribution in [2.24, 2.45) is 0 Å². The number of rotatable bonds is 16. The summed E-state index contributed by atoms with van der Waals surface area (Å²) in [6, 6.07) is 0. The zero-order valence-corrected chi connectivity index (χ0v) is 14.8. The van der Waals surface area contributed by atoms with Crippen molar-refractivity contribution in [3.63, 3.8) is 0 Å². The maximum absolute atomic E-state index is 11.2. The normalized spacial score (nSPS) is 11.5. The van der Waals surface area contributed by atoms with Crippen LogP contribution in [0.1, 0.15) is 90.4 Å². The lowest BCUT2D eigenvalue weighted by molar-refractivity contribution is -0.140. The Labute approximate surface area is 141 Å². The molecule has 3 nitrogen and oxygen atoms in total. The van der Waals surface area contributed by atoms with Gasteiger partial charge in [0.25, 0.3) is 0 Å². The van der Waals surface area contributed by atoms with Crippen molar-refractivity contribution >= 4 is 11.8 Å². The van der Waals surface area contributed by atoms with E-state index in [1.807, 2.05) is 0 Å². The largest absolute Gasteiger partial charge is 0.481 e. The van der Waals surface area contributed by atoms with Crippen molar-refractivity contribution in [2.45, 2.75) is 90.4 Å². The molecule has 3 heteroatoms. The molecule has 0 saturated carbocycles. The van der Waals surface area contributed by atoms with Crippen LogP contribution in [0.25, 0.3) is 0 Å². The molecule has 132 valence electrons. The number of carboxylic acids is 1. The van der Waals surface area contributed by atoms with Gasteiger partial charge in [0.2, 0.25) is 0 Å². The number of carbonyl (C=O) groups is 2. The van der Waals surface area contributed by atoms with Crippen molar-refractivity contribution in [2.75, 3.05) is 0 Å². The molecule has 0 rings (SSSR count). The third kappa shape index (κ3) is 18.6. The molecule has 0 aliphatic heterocycles. The summed E-state index contributed by atoms with van der Waals surface area (Å²) in [6.07, 6.45) is 21.8. The van der Waals surface area contributed by atoms with Crippen LogP contribution in [0.5, 0.6) is 0 Å². The summed E-state index contributed by atoms with van der Waals surface area (Å²) in [5.41, 5.74) is 0. The maximum Gasteiger partial charge on any atom is 0.310 e. The second-order valence-corrected chi connectivity index (χ2v) is 6.09. The molecule has 0 aliphatic carbocycles. The molecule has 0 radical (unpaired) electrons. The van der Waals surface area contributed by atoms with E-state index in [0.29, 0.717) is 6.42 Å². The Morgan fingerprint density at radius 2 is 1.35 bits per heavy atom. The highest BCUT2D eigenvalue weighted by molar-refractivity contribution is 5.94. The molecule has 0 aromatic rings. The Balaban J connectivity index is 3.28. The van der Waals surface area contributed by atoms with E-state index in [1.165, 1.54) is 38.5 Å². The Morgan fingerprint density at radius 3 is 1.96 bits per heavy atom. The van der Waals surface area contributed by atoms with Crippen molar-refractivity contribution in [1.82, 2.24) is 0 Å². The molecule has 0 amide bonds. The van der Waals surface area contributed by atoms with Gasteiger partial charge in [-0.3, -0.25) is 9.59 Å². The van der Waals surface area contributed by atoms with Crippen molar-refractivity contribution in [3.05, 3.63) is 24.3 Å². The predicted octanol–water partition coefficient (Wildman–Crippen LogP) is 5.84. The monoisotopic (exact) mass is 322 g/mol. The van der Waals surface area contributed by atoms with Gasteiger partial charge in [0, 0.05) is 6.42 Å². The van der Waals surface area contributed by atoms with Gasteiger partial charge < -0.3 is 5.11 Å². The highest BCUT2D eigenvalue weighted by Gasteiger charge is 2.06. The number of aliphatic carboxylic acids is 1.